The van der Waals surface area contributed by atoms with Gasteiger partial charge in [-0.15, -0.1) is 0 Å². The molecule has 4 heterocycles. The molecule has 2 aliphatic heterocycles. The van der Waals surface area contributed by atoms with Crippen LogP contribution in [-0.4, -0.2) is 60.5 Å². The zero-order chi connectivity index (χ0) is 22.0. The highest BCUT2D eigenvalue weighted by Crippen LogP contribution is 2.55. The topological polar surface area (TPSA) is 52.6 Å². The van der Waals surface area contributed by atoms with E-state index in [1.54, 1.807) is 4.90 Å². The molecule has 6 nitrogen and oxygen atoms in total. The molecule has 164 valence electrons. The third kappa shape index (κ3) is 2.65. The number of likely N-dealkylation sites (N-methyl/N-ethyl adjacent to an activating group) is 2. The van der Waals surface area contributed by atoms with E-state index in [-0.39, 0.29) is 11.3 Å². The zero-order valence-corrected chi connectivity index (χ0v) is 19.0. The Bertz CT molecular complexity index is 1210. The van der Waals surface area contributed by atoms with Gasteiger partial charge in [-0.1, -0.05) is 19.4 Å². The molecule has 2 aromatic heterocycles. The van der Waals surface area contributed by atoms with Crippen LogP contribution in [0, 0.1) is 0 Å². The standard InChI is InChI=1S/C26H29N5O/c1-4-29(2)19-15-31(16-19)23-9-7-18(13-28-23)17-6-8-21-20(12-17)24-22(14-27-21)30(3)25(32)26(24)10-5-11-26/h6-9,12-14,19H,4-5,10-11,15-16H2,1-3H3. The van der Waals surface area contributed by atoms with Crippen LogP contribution in [0.2, 0.25) is 0 Å². The summed E-state index contributed by atoms with van der Waals surface area (Å²) in [6.07, 6.45) is 6.83. The molecule has 3 aromatic rings. The number of pyridine rings is 2. The van der Waals surface area contributed by atoms with Crippen molar-refractivity contribution in [1.29, 1.82) is 0 Å². The summed E-state index contributed by atoms with van der Waals surface area (Å²) in [5.74, 6) is 1.27. The monoisotopic (exact) mass is 427 g/mol. The third-order valence-electron chi connectivity index (χ3n) is 8.00. The summed E-state index contributed by atoms with van der Waals surface area (Å²) >= 11 is 0. The van der Waals surface area contributed by atoms with Crippen LogP contribution in [0.1, 0.15) is 31.7 Å². The molecule has 0 atom stereocenters. The van der Waals surface area contributed by atoms with Crippen molar-refractivity contribution in [1.82, 2.24) is 14.9 Å². The second-order valence-corrected chi connectivity index (χ2v) is 9.59. The molecule has 32 heavy (non-hydrogen) atoms. The van der Waals surface area contributed by atoms with Crippen molar-refractivity contribution in [3.63, 3.8) is 0 Å². The minimum absolute atomic E-state index is 0.228. The molecule has 1 saturated carbocycles. The van der Waals surface area contributed by atoms with Gasteiger partial charge in [0.2, 0.25) is 5.91 Å². The molecule has 0 unspecified atom stereocenters. The second-order valence-electron chi connectivity index (χ2n) is 9.59. The first-order valence-corrected chi connectivity index (χ1v) is 11.6. The number of fused-ring (bicyclic) bond motifs is 4. The van der Waals surface area contributed by atoms with Crippen molar-refractivity contribution in [2.45, 2.75) is 37.6 Å². The van der Waals surface area contributed by atoms with E-state index in [0.29, 0.717) is 6.04 Å². The first-order chi connectivity index (χ1) is 15.5. The van der Waals surface area contributed by atoms with E-state index in [1.807, 2.05) is 19.4 Å². The van der Waals surface area contributed by atoms with Gasteiger partial charge in [0, 0.05) is 48.9 Å². The molecule has 2 fully saturated rings. The number of hydrogen-bond acceptors (Lipinski definition) is 5. The van der Waals surface area contributed by atoms with Gasteiger partial charge in [-0.2, -0.15) is 0 Å². The van der Waals surface area contributed by atoms with Gasteiger partial charge < -0.3 is 14.7 Å². The van der Waals surface area contributed by atoms with Crippen molar-refractivity contribution < 1.29 is 4.79 Å². The van der Waals surface area contributed by atoms with E-state index in [0.717, 1.165) is 72.4 Å². The number of rotatable bonds is 4. The Labute approximate surface area is 188 Å². The molecule has 1 amide bonds. The smallest absolute Gasteiger partial charge is 0.237 e. The molecule has 1 aliphatic carbocycles. The average molecular weight is 428 g/mol. The molecule has 1 saturated heterocycles. The van der Waals surface area contributed by atoms with Crippen LogP contribution in [0.15, 0.2) is 42.7 Å². The summed E-state index contributed by atoms with van der Waals surface area (Å²) in [6.45, 7) is 5.35. The van der Waals surface area contributed by atoms with Gasteiger partial charge in [0.25, 0.3) is 0 Å². The SMILES string of the molecule is CCN(C)C1CN(c2ccc(-c3ccc4ncc5c(c4c3)C3(CCC3)C(=O)N5C)cn2)C1. The van der Waals surface area contributed by atoms with Crippen LogP contribution >= 0.6 is 0 Å². The maximum Gasteiger partial charge on any atom is 0.237 e. The lowest BCUT2D eigenvalue weighted by molar-refractivity contribution is -0.125. The number of amides is 1. The first kappa shape index (κ1) is 19.7. The quantitative estimate of drug-likeness (QED) is 0.633. The van der Waals surface area contributed by atoms with E-state index in [9.17, 15) is 4.79 Å². The van der Waals surface area contributed by atoms with E-state index in [4.69, 9.17) is 4.98 Å². The number of benzene rings is 1. The van der Waals surface area contributed by atoms with Gasteiger partial charge in [-0.25, -0.2) is 4.98 Å². The predicted octanol–water partition coefficient (Wildman–Crippen LogP) is 3.84. The first-order valence-electron chi connectivity index (χ1n) is 11.6. The Morgan fingerprint density at radius 1 is 1.09 bits per heavy atom. The molecule has 6 rings (SSSR count). The lowest BCUT2D eigenvalue weighted by Gasteiger charge is -2.44. The van der Waals surface area contributed by atoms with Crippen LogP contribution < -0.4 is 9.80 Å². The number of carbonyl (C=O) groups excluding carboxylic acids is 1. The fraction of sp³-hybridized carbons (Fsp3) is 0.423. The molecule has 1 aromatic carbocycles. The predicted molar refractivity (Wildman–Crippen MR) is 128 cm³/mol. The van der Waals surface area contributed by atoms with Gasteiger partial charge in [-0.3, -0.25) is 9.78 Å². The lowest BCUT2D eigenvalue weighted by Crippen LogP contribution is -2.58. The van der Waals surface area contributed by atoms with Gasteiger partial charge in [0.15, 0.2) is 0 Å². The van der Waals surface area contributed by atoms with E-state index < -0.39 is 0 Å². The number of anilines is 2. The van der Waals surface area contributed by atoms with Crippen molar-refractivity contribution in [2.75, 3.05) is 43.5 Å². The summed E-state index contributed by atoms with van der Waals surface area (Å²) in [7, 11) is 4.07. The molecule has 1 spiro atoms. The number of carbonyl (C=O) groups is 1. The molecule has 0 N–H and O–H groups in total. The molecular formula is C26H29N5O. The summed E-state index contributed by atoms with van der Waals surface area (Å²) in [5.41, 5.74) is 4.98. The molecule has 6 heteroatoms. The van der Waals surface area contributed by atoms with Crippen LogP contribution in [0.3, 0.4) is 0 Å². The third-order valence-corrected chi connectivity index (χ3v) is 8.00. The van der Waals surface area contributed by atoms with E-state index in [1.165, 1.54) is 5.56 Å². The Hall–Kier alpha value is -2.99. The summed E-state index contributed by atoms with van der Waals surface area (Å²) in [5, 5.41) is 1.11. The van der Waals surface area contributed by atoms with E-state index in [2.05, 4.69) is 59.1 Å². The van der Waals surface area contributed by atoms with Gasteiger partial charge in [-0.05, 0) is 56.3 Å². The number of hydrogen-bond donors (Lipinski definition) is 0. The van der Waals surface area contributed by atoms with Crippen LogP contribution in [0.25, 0.3) is 22.0 Å². The molecule has 3 aliphatic rings. The highest BCUT2D eigenvalue weighted by Gasteiger charge is 2.54. The Balaban J connectivity index is 1.33. The average Bonchev–Trinajstić information content (AvgIpc) is 3.00. The largest absolute Gasteiger partial charge is 0.353 e. The maximum absolute atomic E-state index is 13.1. The fourth-order valence-electron chi connectivity index (χ4n) is 5.57. The fourth-order valence-corrected chi connectivity index (χ4v) is 5.57. The second kappa shape index (κ2) is 7.01. The van der Waals surface area contributed by atoms with E-state index >= 15 is 0 Å². The normalized spacial score (nSPS) is 19.6. The van der Waals surface area contributed by atoms with Crippen LogP contribution in [0.4, 0.5) is 11.5 Å². The Morgan fingerprint density at radius 2 is 1.88 bits per heavy atom. The summed E-state index contributed by atoms with van der Waals surface area (Å²) in [6, 6.07) is 11.3. The van der Waals surface area contributed by atoms with Crippen molar-refractivity contribution in [3.05, 3.63) is 48.3 Å². The Kier molecular flexibility index (Phi) is 4.31. The van der Waals surface area contributed by atoms with Crippen molar-refractivity contribution >= 4 is 28.3 Å². The minimum Gasteiger partial charge on any atom is -0.353 e. The minimum atomic E-state index is -0.342. The summed E-state index contributed by atoms with van der Waals surface area (Å²) < 4.78 is 0. The van der Waals surface area contributed by atoms with Crippen LogP contribution in [0.5, 0.6) is 0 Å². The number of nitrogens with zero attached hydrogens (tertiary/aromatic N) is 5. The Morgan fingerprint density at radius 3 is 2.53 bits per heavy atom. The molecule has 0 radical (unpaired) electrons. The lowest BCUT2D eigenvalue weighted by atomic mass is 9.64. The zero-order valence-electron chi connectivity index (χ0n) is 19.0. The highest BCUT2D eigenvalue weighted by molar-refractivity contribution is 6.13. The molecular weight excluding hydrogens is 398 g/mol. The van der Waals surface area contributed by atoms with Crippen LogP contribution in [-0.2, 0) is 10.2 Å². The van der Waals surface area contributed by atoms with Crippen molar-refractivity contribution in [2.24, 2.45) is 0 Å². The summed E-state index contributed by atoms with van der Waals surface area (Å²) in [4.78, 5) is 29.0. The number of aromatic nitrogens is 2. The van der Waals surface area contributed by atoms with Gasteiger partial charge in [0.05, 0.1) is 22.8 Å². The van der Waals surface area contributed by atoms with Gasteiger partial charge in [0.1, 0.15) is 5.82 Å². The maximum atomic E-state index is 13.1. The van der Waals surface area contributed by atoms with Crippen molar-refractivity contribution in [3.8, 4) is 11.1 Å². The van der Waals surface area contributed by atoms with Gasteiger partial charge >= 0.3 is 0 Å². The highest BCUT2D eigenvalue weighted by atomic mass is 16.2. The molecule has 0 bridgehead atoms.